The molecule has 0 spiro atoms. The van der Waals surface area contributed by atoms with E-state index in [-0.39, 0.29) is 11.1 Å². The van der Waals surface area contributed by atoms with Crippen LogP contribution in [0.25, 0.3) is 0 Å². The summed E-state index contributed by atoms with van der Waals surface area (Å²) >= 11 is 5.91. The Labute approximate surface area is 180 Å². The van der Waals surface area contributed by atoms with Crippen molar-refractivity contribution >= 4 is 30.3 Å². The maximum Gasteiger partial charge on any atom is 0.261 e. The number of halogens is 2. The van der Waals surface area contributed by atoms with Gasteiger partial charge in [0.15, 0.2) is 0 Å². The Morgan fingerprint density at radius 1 is 1.03 bits per heavy atom. The van der Waals surface area contributed by atoms with E-state index in [1.165, 1.54) is 10.4 Å². The van der Waals surface area contributed by atoms with E-state index < -0.39 is 14.5 Å². The standard InChI is InChI=1S/C25H30ClFOSi/c1-19-23(27)17-20(15-16-26)18-24(19)28-29(25(2,3)4,21-11-7-5-8-12-21)22-13-9-6-10-14-22/h5-15,23-24H,1,16-18H2,2-4H3/b20-15+/t23-,24-/m0/s1. The van der Waals surface area contributed by atoms with Crippen molar-refractivity contribution in [3.8, 4) is 0 Å². The number of hydrogen-bond acceptors (Lipinski definition) is 1. The van der Waals surface area contributed by atoms with Gasteiger partial charge in [-0.1, -0.05) is 99.7 Å². The van der Waals surface area contributed by atoms with Gasteiger partial charge in [-0.15, -0.1) is 11.6 Å². The largest absolute Gasteiger partial charge is 0.400 e. The van der Waals surface area contributed by atoms with Crippen molar-refractivity contribution in [1.82, 2.24) is 0 Å². The summed E-state index contributed by atoms with van der Waals surface area (Å²) in [5.74, 6) is 0.389. The minimum absolute atomic E-state index is 0.157. The number of rotatable bonds is 5. The van der Waals surface area contributed by atoms with Gasteiger partial charge in [-0.2, -0.15) is 0 Å². The molecule has 0 heterocycles. The van der Waals surface area contributed by atoms with Crippen molar-refractivity contribution in [3.05, 3.63) is 84.5 Å². The normalized spacial score (nSPS) is 22.1. The summed E-state index contributed by atoms with van der Waals surface area (Å²) in [5, 5.41) is 2.22. The highest BCUT2D eigenvalue weighted by Gasteiger charge is 2.52. The molecule has 2 aromatic rings. The first-order valence-electron chi connectivity index (χ1n) is 10.1. The molecule has 1 aliphatic rings. The van der Waals surface area contributed by atoms with Crippen molar-refractivity contribution in [1.29, 1.82) is 0 Å². The predicted octanol–water partition coefficient (Wildman–Crippen LogP) is 5.78. The molecule has 0 unspecified atom stereocenters. The summed E-state index contributed by atoms with van der Waals surface area (Å²) in [6.45, 7) is 10.8. The second kappa shape index (κ2) is 8.99. The summed E-state index contributed by atoms with van der Waals surface area (Å²) < 4.78 is 21.9. The molecule has 154 valence electrons. The number of allylic oxidation sites excluding steroid dienone is 1. The Balaban J connectivity index is 2.15. The van der Waals surface area contributed by atoms with Crippen molar-refractivity contribution in [2.45, 2.75) is 50.9 Å². The van der Waals surface area contributed by atoms with Crippen LogP contribution in [0, 0.1) is 0 Å². The van der Waals surface area contributed by atoms with E-state index in [0.29, 0.717) is 24.3 Å². The molecule has 0 radical (unpaired) electrons. The molecule has 4 heteroatoms. The van der Waals surface area contributed by atoms with E-state index in [0.717, 1.165) is 5.57 Å². The molecule has 0 amide bonds. The van der Waals surface area contributed by atoms with Gasteiger partial charge >= 0.3 is 0 Å². The molecule has 1 fully saturated rings. The summed E-state index contributed by atoms with van der Waals surface area (Å²) in [4.78, 5) is 0. The third-order valence-electron chi connectivity index (χ3n) is 5.81. The van der Waals surface area contributed by atoms with Crippen LogP contribution in [0.5, 0.6) is 0 Å². The Morgan fingerprint density at radius 2 is 1.55 bits per heavy atom. The quantitative estimate of drug-likeness (QED) is 0.333. The first kappa shape index (κ1) is 22.0. The van der Waals surface area contributed by atoms with Crippen LogP contribution in [0.4, 0.5) is 4.39 Å². The van der Waals surface area contributed by atoms with Crippen molar-refractivity contribution in [2.75, 3.05) is 5.88 Å². The number of hydrogen-bond donors (Lipinski definition) is 0. The minimum atomic E-state index is -2.75. The highest BCUT2D eigenvalue weighted by atomic mass is 35.5. The van der Waals surface area contributed by atoms with E-state index in [4.69, 9.17) is 16.0 Å². The number of alkyl halides is 2. The van der Waals surface area contributed by atoms with Gasteiger partial charge in [0.1, 0.15) is 6.17 Å². The zero-order valence-electron chi connectivity index (χ0n) is 17.5. The minimum Gasteiger partial charge on any atom is -0.400 e. The van der Waals surface area contributed by atoms with Gasteiger partial charge in [0.05, 0.1) is 6.10 Å². The molecular formula is C25H30ClFOSi. The fourth-order valence-corrected chi connectivity index (χ4v) is 9.21. The Morgan fingerprint density at radius 3 is 2.00 bits per heavy atom. The van der Waals surface area contributed by atoms with Gasteiger partial charge in [-0.3, -0.25) is 0 Å². The van der Waals surface area contributed by atoms with Crippen LogP contribution in [-0.4, -0.2) is 26.5 Å². The molecule has 0 bridgehead atoms. The fraction of sp³-hybridized carbons (Fsp3) is 0.360. The molecule has 1 aliphatic carbocycles. The first-order chi connectivity index (χ1) is 13.8. The zero-order valence-corrected chi connectivity index (χ0v) is 19.3. The van der Waals surface area contributed by atoms with Crippen LogP contribution >= 0.6 is 11.6 Å². The van der Waals surface area contributed by atoms with E-state index in [1.54, 1.807) is 0 Å². The third-order valence-corrected chi connectivity index (χ3v) is 11.0. The van der Waals surface area contributed by atoms with Crippen LogP contribution < -0.4 is 10.4 Å². The lowest BCUT2D eigenvalue weighted by atomic mass is 9.87. The number of benzene rings is 2. The second-order valence-electron chi connectivity index (χ2n) is 8.74. The van der Waals surface area contributed by atoms with Crippen molar-refractivity contribution < 1.29 is 8.82 Å². The van der Waals surface area contributed by atoms with Crippen LogP contribution in [0.2, 0.25) is 5.04 Å². The molecule has 3 rings (SSSR count). The Hall–Kier alpha value is -1.68. The van der Waals surface area contributed by atoms with Crippen molar-refractivity contribution in [3.63, 3.8) is 0 Å². The van der Waals surface area contributed by atoms with E-state index in [2.05, 4.69) is 75.9 Å². The molecule has 1 saturated carbocycles. The highest BCUT2D eigenvalue weighted by Crippen LogP contribution is 2.41. The Bertz CT molecular complexity index is 818. The van der Waals surface area contributed by atoms with Crippen LogP contribution in [0.1, 0.15) is 33.6 Å². The summed E-state index contributed by atoms with van der Waals surface area (Å²) in [5.41, 5.74) is 1.56. The second-order valence-corrected chi connectivity index (χ2v) is 13.3. The Kier molecular flexibility index (Phi) is 6.82. The van der Waals surface area contributed by atoms with Gasteiger partial charge in [0.25, 0.3) is 8.32 Å². The SMILES string of the molecule is C=C1[C@@H](O[Si](c2ccccc2)(c2ccccc2)C(C)(C)C)C/C(=C/CCl)C[C@@H]1F. The van der Waals surface area contributed by atoms with Crippen LogP contribution in [-0.2, 0) is 4.43 Å². The smallest absolute Gasteiger partial charge is 0.261 e. The topological polar surface area (TPSA) is 9.23 Å². The fourth-order valence-electron chi connectivity index (χ4n) is 4.31. The molecule has 0 aromatic heterocycles. The molecule has 2 atom stereocenters. The predicted molar refractivity (Wildman–Crippen MR) is 125 cm³/mol. The molecule has 0 aliphatic heterocycles. The average Bonchev–Trinajstić information content (AvgIpc) is 2.70. The maximum absolute atomic E-state index is 14.8. The van der Waals surface area contributed by atoms with E-state index >= 15 is 0 Å². The molecule has 0 saturated heterocycles. The zero-order chi connectivity index (χ0) is 21.1. The van der Waals surface area contributed by atoms with Gasteiger partial charge < -0.3 is 4.43 Å². The molecule has 2 aromatic carbocycles. The summed E-state index contributed by atoms with van der Waals surface area (Å²) in [6, 6.07) is 20.9. The third kappa shape index (κ3) is 4.42. The van der Waals surface area contributed by atoms with Gasteiger partial charge in [-0.05, 0) is 27.4 Å². The lowest BCUT2D eigenvalue weighted by molar-refractivity contribution is 0.178. The average molecular weight is 429 g/mol. The molecule has 1 nitrogen and oxygen atoms in total. The van der Waals surface area contributed by atoms with Gasteiger partial charge in [0.2, 0.25) is 0 Å². The molecule has 0 N–H and O–H groups in total. The maximum atomic E-state index is 14.8. The van der Waals surface area contributed by atoms with Crippen LogP contribution in [0.3, 0.4) is 0 Å². The van der Waals surface area contributed by atoms with Gasteiger partial charge in [0, 0.05) is 12.3 Å². The molecule has 29 heavy (non-hydrogen) atoms. The lowest BCUT2D eigenvalue weighted by Gasteiger charge is -2.46. The monoisotopic (exact) mass is 428 g/mol. The molecular weight excluding hydrogens is 399 g/mol. The van der Waals surface area contributed by atoms with Crippen LogP contribution in [0.15, 0.2) is 84.5 Å². The van der Waals surface area contributed by atoms with E-state index in [9.17, 15) is 4.39 Å². The summed E-state index contributed by atoms with van der Waals surface area (Å²) in [6.07, 6.45) is 1.48. The first-order valence-corrected chi connectivity index (χ1v) is 12.6. The summed E-state index contributed by atoms with van der Waals surface area (Å²) in [7, 11) is -2.75. The lowest BCUT2D eigenvalue weighted by Crippen LogP contribution is -2.68. The van der Waals surface area contributed by atoms with E-state index in [1.807, 2.05) is 18.2 Å². The van der Waals surface area contributed by atoms with Crippen molar-refractivity contribution in [2.24, 2.45) is 0 Å². The van der Waals surface area contributed by atoms with Gasteiger partial charge in [-0.25, -0.2) is 4.39 Å². The highest BCUT2D eigenvalue weighted by molar-refractivity contribution is 6.99.